The monoisotopic (exact) mass is 344 g/mol. The molecule has 126 valence electrons. The summed E-state index contributed by atoms with van der Waals surface area (Å²) in [5.41, 5.74) is 1.56. The second kappa shape index (κ2) is 8.50. The third kappa shape index (κ3) is 5.39. The van der Waals surface area contributed by atoms with Gasteiger partial charge < -0.3 is 10.2 Å². The fraction of sp³-hybridized carbons (Fsp3) is 0.263. The number of benzene rings is 2. The van der Waals surface area contributed by atoms with Crippen molar-refractivity contribution in [2.45, 2.75) is 25.9 Å². The number of hydrogen-bond acceptors (Lipinski definition) is 2. The summed E-state index contributed by atoms with van der Waals surface area (Å²) < 4.78 is 0. The second-order valence-electron chi connectivity index (χ2n) is 5.82. The molecule has 0 fully saturated rings. The highest BCUT2D eigenvalue weighted by Gasteiger charge is 2.16. The highest BCUT2D eigenvalue weighted by molar-refractivity contribution is 6.30. The van der Waals surface area contributed by atoms with E-state index in [1.54, 1.807) is 30.1 Å². The lowest BCUT2D eigenvalue weighted by atomic mass is 10.1. The zero-order valence-electron chi connectivity index (χ0n) is 13.8. The van der Waals surface area contributed by atoms with Crippen LogP contribution in [-0.2, 0) is 11.3 Å². The molecule has 2 aromatic rings. The fourth-order valence-electron chi connectivity index (χ4n) is 2.36. The Morgan fingerprint density at radius 3 is 2.50 bits per heavy atom. The Hall–Kier alpha value is -2.33. The summed E-state index contributed by atoms with van der Waals surface area (Å²) in [6, 6.07) is 16.1. The first-order valence-electron chi connectivity index (χ1n) is 7.80. The molecule has 0 saturated heterocycles. The molecule has 0 heterocycles. The number of halogens is 1. The molecule has 0 bridgehead atoms. The number of carbonyl (C=O) groups is 2. The van der Waals surface area contributed by atoms with Crippen molar-refractivity contribution in [1.82, 2.24) is 10.2 Å². The van der Waals surface area contributed by atoms with Crippen molar-refractivity contribution in [3.8, 4) is 0 Å². The van der Waals surface area contributed by atoms with E-state index in [1.807, 2.05) is 43.3 Å². The van der Waals surface area contributed by atoms with Gasteiger partial charge in [0.15, 0.2) is 0 Å². The molecule has 0 aliphatic heterocycles. The Kier molecular flexibility index (Phi) is 6.38. The molecule has 2 rings (SSSR count). The van der Waals surface area contributed by atoms with Crippen LogP contribution in [0.1, 0.15) is 29.3 Å². The van der Waals surface area contributed by atoms with Gasteiger partial charge in [0.05, 0.1) is 0 Å². The molecule has 0 aromatic heterocycles. The predicted octanol–water partition coefficient (Wildman–Crippen LogP) is 3.51. The van der Waals surface area contributed by atoms with Gasteiger partial charge in [0.25, 0.3) is 5.91 Å². The molecule has 0 radical (unpaired) electrons. The Balaban J connectivity index is 1.85. The topological polar surface area (TPSA) is 49.4 Å². The van der Waals surface area contributed by atoms with E-state index in [0.29, 0.717) is 17.1 Å². The van der Waals surface area contributed by atoms with E-state index in [9.17, 15) is 9.59 Å². The number of nitrogens with one attached hydrogen (secondary N) is 1. The average molecular weight is 345 g/mol. The first-order valence-corrected chi connectivity index (χ1v) is 8.18. The van der Waals surface area contributed by atoms with E-state index < -0.39 is 0 Å². The lowest BCUT2D eigenvalue weighted by Gasteiger charge is -2.20. The van der Waals surface area contributed by atoms with Crippen LogP contribution < -0.4 is 5.32 Å². The molecule has 0 aliphatic carbocycles. The van der Waals surface area contributed by atoms with Crippen molar-refractivity contribution < 1.29 is 9.59 Å². The van der Waals surface area contributed by atoms with Gasteiger partial charge in [-0.3, -0.25) is 9.59 Å². The first-order chi connectivity index (χ1) is 11.5. The molecule has 2 amide bonds. The third-order valence-corrected chi connectivity index (χ3v) is 3.86. The van der Waals surface area contributed by atoms with Gasteiger partial charge in [-0.2, -0.15) is 0 Å². The minimum absolute atomic E-state index is 0.0316. The van der Waals surface area contributed by atoms with Crippen LogP contribution >= 0.6 is 11.6 Å². The molecular weight excluding hydrogens is 324 g/mol. The van der Waals surface area contributed by atoms with E-state index in [-0.39, 0.29) is 24.3 Å². The standard InChI is InChI=1S/C19H21ClN2O2/c1-14(21-19(24)16-8-4-3-5-9-16)11-18(23)22(2)13-15-7-6-10-17(20)12-15/h3-10,12,14H,11,13H2,1-2H3,(H,21,24). The summed E-state index contributed by atoms with van der Waals surface area (Å²) >= 11 is 5.96. The molecular formula is C19H21ClN2O2. The Morgan fingerprint density at radius 1 is 1.12 bits per heavy atom. The van der Waals surface area contributed by atoms with Crippen LogP contribution in [0.4, 0.5) is 0 Å². The van der Waals surface area contributed by atoms with Crippen LogP contribution in [0, 0.1) is 0 Å². The molecule has 1 atom stereocenters. The van der Waals surface area contributed by atoms with Crippen molar-refractivity contribution in [3.05, 3.63) is 70.7 Å². The van der Waals surface area contributed by atoms with Gasteiger partial charge in [0, 0.05) is 36.6 Å². The molecule has 5 heteroatoms. The summed E-state index contributed by atoms with van der Waals surface area (Å²) in [7, 11) is 1.75. The molecule has 1 unspecified atom stereocenters. The molecule has 0 spiro atoms. The van der Waals surface area contributed by atoms with Gasteiger partial charge in [-0.1, -0.05) is 41.9 Å². The number of carbonyl (C=O) groups excluding carboxylic acids is 2. The van der Waals surface area contributed by atoms with E-state index in [2.05, 4.69) is 5.32 Å². The van der Waals surface area contributed by atoms with Crippen molar-refractivity contribution in [1.29, 1.82) is 0 Å². The number of rotatable bonds is 6. The lowest BCUT2D eigenvalue weighted by molar-refractivity contribution is -0.130. The maximum atomic E-state index is 12.3. The van der Waals surface area contributed by atoms with Crippen molar-refractivity contribution in [3.63, 3.8) is 0 Å². The quantitative estimate of drug-likeness (QED) is 0.871. The molecule has 0 aliphatic rings. The predicted molar refractivity (Wildman–Crippen MR) is 95.9 cm³/mol. The summed E-state index contributed by atoms with van der Waals surface area (Å²) in [5.74, 6) is -0.204. The lowest BCUT2D eigenvalue weighted by Crippen LogP contribution is -2.37. The summed E-state index contributed by atoms with van der Waals surface area (Å²) in [4.78, 5) is 26.0. The maximum Gasteiger partial charge on any atom is 0.251 e. The van der Waals surface area contributed by atoms with Crippen LogP contribution in [0.2, 0.25) is 5.02 Å². The highest BCUT2D eigenvalue weighted by atomic mass is 35.5. The first kappa shape index (κ1) is 18.0. The number of amides is 2. The van der Waals surface area contributed by atoms with Crippen LogP contribution in [0.15, 0.2) is 54.6 Å². The van der Waals surface area contributed by atoms with Gasteiger partial charge in [-0.15, -0.1) is 0 Å². The maximum absolute atomic E-state index is 12.3. The minimum Gasteiger partial charge on any atom is -0.349 e. The van der Waals surface area contributed by atoms with Crippen molar-refractivity contribution >= 4 is 23.4 Å². The normalized spacial score (nSPS) is 11.6. The molecule has 4 nitrogen and oxygen atoms in total. The largest absolute Gasteiger partial charge is 0.349 e. The molecule has 1 N–H and O–H groups in total. The summed E-state index contributed by atoms with van der Waals surface area (Å²) in [5, 5.41) is 3.50. The van der Waals surface area contributed by atoms with E-state index in [1.165, 1.54) is 0 Å². The Labute approximate surface area is 147 Å². The van der Waals surface area contributed by atoms with Gasteiger partial charge in [-0.05, 0) is 36.8 Å². The highest BCUT2D eigenvalue weighted by Crippen LogP contribution is 2.13. The van der Waals surface area contributed by atoms with Crippen LogP contribution in [0.25, 0.3) is 0 Å². The molecule has 24 heavy (non-hydrogen) atoms. The summed E-state index contributed by atoms with van der Waals surface area (Å²) in [6.45, 7) is 2.31. The smallest absolute Gasteiger partial charge is 0.251 e. The molecule has 0 saturated carbocycles. The van der Waals surface area contributed by atoms with Gasteiger partial charge >= 0.3 is 0 Å². The van der Waals surface area contributed by atoms with E-state index in [4.69, 9.17) is 11.6 Å². The van der Waals surface area contributed by atoms with E-state index >= 15 is 0 Å². The SMILES string of the molecule is CC(CC(=O)N(C)Cc1cccc(Cl)c1)NC(=O)c1ccccc1. The number of nitrogens with zero attached hydrogens (tertiary/aromatic N) is 1. The van der Waals surface area contributed by atoms with Crippen LogP contribution in [0.3, 0.4) is 0 Å². The second-order valence-corrected chi connectivity index (χ2v) is 6.26. The zero-order valence-corrected chi connectivity index (χ0v) is 14.6. The Bertz CT molecular complexity index is 704. The Morgan fingerprint density at radius 2 is 1.83 bits per heavy atom. The van der Waals surface area contributed by atoms with Crippen LogP contribution in [-0.4, -0.2) is 29.8 Å². The van der Waals surface area contributed by atoms with Gasteiger partial charge in [0.2, 0.25) is 5.91 Å². The average Bonchev–Trinajstić information content (AvgIpc) is 2.55. The minimum atomic E-state index is -0.244. The van der Waals surface area contributed by atoms with Crippen molar-refractivity contribution in [2.24, 2.45) is 0 Å². The van der Waals surface area contributed by atoms with Gasteiger partial charge in [-0.25, -0.2) is 0 Å². The third-order valence-electron chi connectivity index (χ3n) is 3.63. The zero-order chi connectivity index (χ0) is 17.5. The van der Waals surface area contributed by atoms with Crippen molar-refractivity contribution in [2.75, 3.05) is 7.05 Å². The van der Waals surface area contributed by atoms with Crippen LogP contribution in [0.5, 0.6) is 0 Å². The molecule has 2 aromatic carbocycles. The number of hydrogen-bond donors (Lipinski definition) is 1. The fourth-order valence-corrected chi connectivity index (χ4v) is 2.58. The van der Waals surface area contributed by atoms with Gasteiger partial charge in [0.1, 0.15) is 0 Å². The summed E-state index contributed by atoms with van der Waals surface area (Å²) in [6.07, 6.45) is 0.246. The van der Waals surface area contributed by atoms with E-state index in [0.717, 1.165) is 5.56 Å².